The van der Waals surface area contributed by atoms with Crippen LogP contribution in [0, 0.1) is 17.9 Å². The van der Waals surface area contributed by atoms with E-state index in [4.69, 9.17) is 11.0 Å². The van der Waals surface area contributed by atoms with Gasteiger partial charge >= 0.3 is 0 Å². The second-order valence-corrected chi connectivity index (χ2v) is 12.3. The van der Waals surface area contributed by atoms with Crippen molar-refractivity contribution in [2.75, 3.05) is 0 Å². The quantitative estimate of drug-likeness (QED) is 0.193. The summed E-state index contributed by atoms with van der Waals surface area (Å²) >= 11 is 0. The summed E-state index contributed by atoms with van der Waals surface area (Å²) in [6.45, 7) is 12.1. The Bertz CT molecular complexity index is 2650. The molecule has 0 aliphatic heterocycles. The molecule has 0 unspecified atom stereocenters. The Morgan fingerprint density at radius 2 is 1.51 bits per heavy atom. The molecule has 1 aliphatic carbocycles. The van der Waals surface area contributed by atoms with E-state index in [9.17, 15) is 5.26 Å². The number of nitriles is 1. The third-order valence-corrected chi connectivity index (χ3v) is 9.63. The first-order valence-electron chi connectivity index (χ1n) is 15.0. The third-order valence-electron chi connectivity index (χ3n) is 9.63. The van der Waals surface area contributed by atoms with Gasteiger partial charge in [-0.15, -0.1) is 0 Å². The van der Waals surface area contributed by atoms with Gasteiger partial charge in [0.15, 0.2) is 5.69 Å². The van der Waals surface area contributed by atoms with Gasteiger partial charge in [0.25, 0.3) is 0 Å². The number of nitrogens with zero attached hydrogens (tertiary/aromatic N) is 3. The van der Waals surface area contributed by atoms with Crippen molar-refractivity contribution in [1.29, 1.82) is 5.26 Å². The molecule has 0 spiro atoms. The van der Waals surface area contributed by atoms with Crippen LogP contribution in [0.2, 0.25) is 0 Å². The minimum Gasteiger partial charge on any atom is -0.456 e. The van der Waals surface area contributed by atoms with E-state index in [1.54, 1.807) is 0 Å². The summed E-state index contributed by atoms with van der Waals surface area (Å²) in [6.07, 6.45) is 0. The van der Waals surface area contributed by atoms with Gasteiger partial charge in [-0.1, -0.05) is 86.6 Å². The van der Waals surface area contributed by atoms with Gasteiger partial charge < -0.3 is 8.98 Å². The first-order chi connectivity index (χ1) is 22.0. The van der Waals surface area contributed by atoms with Gasteiger partial charge in [-0.25, -0.2) is 4.85 Å². The highest BCUT2D eigenvalue weighted by atomic mass is 16.3. The van der Waals surface area contributed by atoms with E-state index in [-0.39, 0.29) is 5.41 Å². The van der Waals surface area contributed by atoms with Crippen LogP contribution in [0.5, 0.6) is 0 Å². The molecule has 0 amide bonds. The summed E-state index contributed by atoms with van der Waals surface area (Å²) in [5.74, 6) is 0. The lowest BCUT2D eigenvalue weighted by Crippen LogP contribution is -2.15. The molecule has 6 aromatic carbocycles. The van der Waals surface area contributed by atoms with Crippen LogP contribution in [0.25, 0.3) is 76.5 Å². The Morgan fingerprint density at radius 1 is 0.711 bits per heavy atom. The van der Waals surface area contributed by atoms with E-state index in [0.717, 1.165) is 60.6 Å². The first-order valence-corrected chi connectivity index (χ1v) is 15.0. The minimum atomic E-state index is -0.180. The molecule has 0 saturated heterocycles. The highest BCUT2D eigenvalue weighted by Gasteiger charge is 2.38. The van der Waals surface area contributed by atoms with Gasteiger partial charge in [0.2, 0.25) is 0 Å². The Kier molecular flexibility index (Phi) is 5.06. The lowest BCUT2D eigenvalue weighted by Gasteiger charge is -2.21. The predicted octanol–water partition coefficient (Wildman–Crippen LogP) is 11.1. The van der Waals surface area contributed by atoms with Crippen molar-refractivity contribution in [2.24, 2.45) is 0 Å². The van der Waals surface area contributed by atoms with Gasteiger partial charge in [0.05, 0.1) is 28.9 Å². The summed E-state index contributed by atoms with van der Waals surface area (Å²) in [5, 5.41) is 14.6. The van der Waals surface area contributed by atoms with Crippen molar-refractivity contribution in [3.05, 3.63) is 143 Å². The van der Waals surface area contributed by atoms with Crippen molar-refractivity contribution >= 4 is 49.4 Å². The van der Waals surface area contributed by atoms with E-state index in [1.807, 2.05) is 42.5 Å². The van der Waals surface area contributed by atoms with E-state index < -0.39 is 0 Å². The highest BCUT2D eigenvalue weighted by Crippen LogP contribution is 2.52. The fourth-order valence-electron chi connectivity index (χ4n) is 7.63. The maximum Gasteiger partial charge on any atom is 0.188 e. The third kappa shape index (κ3) is 3.34. The highest BCUT2D eigenvalue weighted by molar-refractivity contribution is 6.12. The fraction of sp³-hybridized carbons (Fsp3) is 0.0732. The molecule has 9 rings (SSSR count). The summed E-state index contributed by atoms with van der Waals surface area (Å²) in [7, 11) is 0. The molecular formula is C41H25N3O. The molecule has 8 aromatic rings. The molecule has 1 aliphatic rings. The molecule has 0 bridgehead atoms. The lowest BCUT2D eigenvalue weighted by atomic mass is 9.82. The van der Waals surface area contributed by atoms with Gasteiger partial charge in [0, 0.05) is 32.7 Å². The van der Waals surface area contributed by atoms with Crippen molar-refractivity contribution in [1.82, 2.24) is 4.57 Å². The largest absolute Gasteiger partial charge is 0.456 e. The van der Waals surface area contributed by atoms with Crippen molar-refractivity contribution in [3.8, 4) is 34.0 Å². The number of fused-ring (bicyclic) bond motifs is 10. The summed E-state index contributed by atoms with van der Waals surface area (Å²) in [4.78, 5) is 3.68. The van der Waals surface area contributed by atoms with Gasteiger partial charge in [-0.05, 0) is 70.1 Å². The molecule has 210 valence electrons. The monoisotopic (exact) mass is 575 g/mol. The number of aromatic nitrogens is 1. The standard InChI is InChI=1S/C41H25N3O/c1-41(2)34-13-6-4-10-28(34)30-17-18-31-33-21-24(15-20-37(33)45-40(31)38(30)41)27-12-8-9-25(23-42)39(27)44-35-14-7-5-11-29(35)32-22-26(43-3)16-19-36(32)44/h4-22H,1-2H3. The minimum absolute atomic E-state index is 0.180. The zero-order chi connectivity index (χ0) is 30.4. The Morgan fingerprint density at radius 3 is 2.38 bits per heavy atom. The number of hydrogen-bond acceptors (Lipinski definition) is 2. The normalized spacial score (nSPS) is 13.2. The van der Waals surface area contributed by atoms with E-state index in [0.29, 0.717) is 11.3 Å². The molecule has 4 nitrogen and oxygen atoms in total. The molecular weight excluding hydrogens is 550 g/mol. The molecule has 2 heterocycles. The molecule has 0 fully saturated rings. The van der Waals surface area contributed by atoms with Crippen molar-refractivity contribution in [3.63, 3.8) is 0 Å². The SMILES string of the molecule is [C-]#[N+]c1ccc2c(c1)c1ccccc1n2-c1c(C#N)cccc1-c1ccc2oc3c4c(ccc3c2c1)-c1ccccc1C4(C)C. The van der Waals surface area contributed by atoms with E-state index >= 15 is 0 Å². The van der Waals surface area contributed by atoms with Crippen LogP contribution in [0.1, 0.15) is 30.5 Å². The van der Waals surface area contributed by atoms with Crippen LogP contribution in [0.3, 0.4) is 0 Å². The first kappa shape index (κ1) is 25.4. The zero-order valence-corrected chi connectivity index (χ0v) is 24.7. The van der Waals surface area contributed by atoms with Crippen molar-refractivity contribution < 1.29 is 4.42 Å². The number of rotatable bonds is 2. The maximum absolute atomic E-state index is 10.4. The molecule has 0 N–H and O–H groups in total. The average molecular weight is 576 g/mol. The van der Waals surface area contributed by atoms with Gasteiger partial charge in [-0.3, -0.25) is 0 Å². The molecule has 4 heteroatoms. The molecule has 2 aromatic heterocycles. The van der Waals surface area contributed by atoms with Gasteiger partial charge in [-0.2, -0.15) is 5.26 Å². The second-order valence-electron chi connectivity index (χ2n) is 12.3. The Balaban J connectivity index is 1.32. The summed E-state index contributed by atoms with van der Waals surface area (Å²) < 4.78 is 8.83. The number of hydrogen-bond donors (Lipinski definition) is 0. The number of benzene rings is 6. The van der Waals surface area contributed by atoms with Crippen LogP contribution >= 0.6 is 0 Å². The van der Waals surface area contributed by atoms with Crippen LogP contribution in [0.15, 0.2) is 120 Å². The molecule has 0 radical (unpaired) electrons. The average Bonchev–Trinajstić information content (AvgIpc) is 3.69. The molecule has 0 saturated carbocycles. The van der Waals surface area contributed by atoms with Crippen LogP contribution < -0.4 is 0 Å². The molecule has 0 atom stereocenters. The predicted molar refractivity (Wildman–Crippen MR) is 182 cm³/mol. The van der Waals surface area contributed by atoms with Crippen LogP contribution in [-0.4, -0.2) is 4.57 Å². The smallest absolute Gasteiger partial charge is 0.188 e. The lowest BCUT2D eigenvalue weighted by molar-refractivity contribution is 0.620. The van der Waals surface area contributed by atoms with Crippen LogP contribution in [-0.2, 0) is 5.41 Å². The molecule has 45 heavy (non-hydrogen) atoms. The van der Waals surface area contributed by atoms with E-state index in [1.165, 1.54) is 22.3 Å². The van der Waals surface area contributed by atoms with E-state index in [2.05, 4.69) is 102 Å². The number of para-hydroxylation sites is 2. The van der Waals surface area contributed by atoms with Gasteiger partial charge in [0.1, 0.15) is 17.2 Å². The zero-order valence-electron chi connectivity index (χ0n) is 24.7. The van der Waals surface area contributed by atoms with Crippen molar-refractivity contribution in [2.45, 2.75) is 19.3 Å². The maximum atomic E-state index is 10.4. The van der Waals surface area contributed by atoms with Crippen LogP contribution in [0.4, 0.5) is 5.69 Å². The Labute approximate surface area is 259 Å². The fourth-order valence-corrected chi connectivity index (χ4v) is 7.63. The second kappa shape index (κ2) is 8.96. The Hall–Kier alpha value is -6.10. The summed E-state index contributed by atoms with van der Waals surface area (Å²) in [5.41, 5.74) is 12.6. The topological polar surface area (TPSA) is 46.2 Å². The number of furan rings is 1. The summed E-state index contributed by atoms with van der Waals surface area (Å²) in [6, 6.07) is 41.8.